The molecular weight excluding hydrogens is 268 g/mol. The first-order valence-electron chi connectivity index (χ1n) is 6.26. The summed E-state index contributed by atoms with van der Waals surface area (Å²) < 4.78 is 0. The molecule has 0 radical (unpaired) electrons. The fraction of sp³-hybridized carbons (Fsp3) is 0.0714. The van der Waals surface area contributed by atoms with Crippen molar-refractivity contribution in [2.45, 2.75) is 6.92 Å². The van der Waals surface area contributed by atoms with E-state index in [9.17, 15) is 4.79 Å². The average molecular weight is 280 g/mol. The minimum atomic E-state index is -0.430. The minimum Gasteiger partial charge on any atom is -0.383 e. The van der Waals surface area contributed by atoms with Crippen molar-refractivity contribution in [1.82, 2.24) is 15.0 Å². The summed E-state index contributed by atoms with van der Waals surface area (Å²) in [5.41, 5.74) is 8.30. The van der Waals surface area contributed by atoms with Crippen LogP contribution in [0, 0.1) is 6.92 Å². The van der Waals surface area contributed by atoms with E-state index < -0.39 is 5.91 Å². The van der Waals surface area contributed by atoms with Gasteiger partial charge in [0.15, 0.2) is 5.82 Å². The van der Waals surface area contributed by atoms with Crippen molar-refractivity contribution in [3.05, 3.63) is 47.8 Å². The lowest BCUT2D eigenvalue weighted by atomic mass is 10.1. The van der Waals surface area contributed by atoms with Crippen molar-refractivity contribution in [1.29, 1.82) is 0 Å². The first-order valence-corrected chi connectivity index (χ1v) is 6.26. The summed E-state index contributed by atoms with van der Waals surface area (Å²) in [6, 6.07) is 7.10. The zero-order valence-electron chi connectivity index (χ0n) is 11.2. The van der Waals surface area contributed by atoms with Crippen LogP contribution in [0.1, 0.15) is 15.9 Å². The predicted octanol–water partition coefficient (Wildman–Crippen LogP) is 2.77. The number of azo groups is 1. The van der Waals surface area contributed by atoms with Crippen LogP contribution in [-0.2, 0) is 0 Å². The maximum atomic E-state index is 11.9. The van der Waals surface area contributed by atoms with Gasteiger partial charge in [0, 0.05) is 18.0 Å². The Morgan fingerprint density at radius 1 is 1.14 bits per heavy atom. The number of benzene rings is 1. The van der Waals surface area contributed by atoms with Crippen LogP contribution in [0.3, 0.4) is 0 Å². The number of aromatic amines is 1. The van der Waals surface area contributed by atoms with Crippen molar-refractivity contribution in [3.63, 3.8) is 0 Å². The molecule has 0 aliphatic rings. The van der Waals surface area contributed by atoms with E-state index in [2.05, 4.69) is 25.2 Å². The molecule has 0 bridgehead atoms. The Kier molecular flexibility index (Phi) is 3.15. The highest BCUT2D eigenvalue weighted by Gasteiger charge is 2.10. The quantitative estimate of drug-likeness (QED) is 0.703. The number of nitrogens with two attached hydrogens (primary N) is 1. The fourth-order valence-electron chi connectivity index (χ4n) is 1.88. The fourth-order valence-corrected chi connectivity index (χ4v) is 1.88. The van der Waals surface area contributed by atoms with Crippen LogP contribution in [-0.4, -0.2) is 20.9 Å². The number of carbonyl (C=O) groups excluding carboxylic acids is 1. The van der Waals surface area contributed by atoms with Crippen LogP contribution in [0.5, 0.6) is 0 Å². The molecule has 0 atom stereocenters. The van der Waals surface area contributed by atoms with Crippen molar-refractivity contribution >= 4 is 28.6 Å². The Morgan fingerprint density at radius 2 is 1.81 bits per heavy atom. The lowest BCUT2D eigenvalue weighted by Gasteiger charge is -1.95. The molecule has 21 heavy (non-hydrogen) atoms. The van der Waals surface area contributed by atoms with Gasteiger partial charge in [-0.1, -0.05) is 17.7 Å². The van der Waals surface area contributed by atoms with Gasteiger partial charge in [-0.15, -0.1) is 10.2 Å². The number of aryl methyl sites for hydroxylation is 1. The Balaban J connectivity index is 1.91. The highest BCUT2D eigenvalue weighted by atomic mass is 16.1. The van der Waals surface area contributed by atoms with Gasteiger partial charge in [-0.2, -0.15) is 0 Å². The molecule has 0 aliphatic carbocycles. The zero-order chi connectivity index (χ0) is 14.8. The lowest BCUT2D eigenvalue weighted by molar-refractivity contribution is 0.0995. The molecule has 2 aromatic heterocycles. The monoisotopic (exact) mass is 280 g/mol. The molecule has 0 saturated carbocycles. The molecule has 3 aromatic rings. The second-order valence-corrected chi connectivity index (χ2v) is 4.51. The van der Waals surface area contributed by atoms with E-state index in [1.54, 1.807) is 12.1 Å². The van der Waals surface area contributed by atoms with E-state index in [1.807, 2.05) is 19.1 Å². The number of amides is 1. The Bertz CT molecular complexity index is 834. The number of hydrogen-bond donors (Lipinski definition) is 2. The minimum absolute atomic E-state index is 0.316. The molecule has 7 nitrogen and oxygen atoms in total. The van der Waals surface area contributed by atoms with Crippen molar-refractivity contribution in [2.24, 2.45) is 10.2 Å². The van der Waals surface area contributed by atoms with Gasteiger partial charge in [0.05, 0.1) is 0 Å². The van der Waals surface area contributed by atoms with Crippen molar-refractivity contribution in [3.8, 4) is 0 Å². The second-order valence-electron chi connectivity index (χ2n) is 4.51. The van der Waals surface area contributed by atoms with Crippen molar-refractivity contribution < 1.29 is 4.79 Å². The summed E-state index contributed by atoms with van der Waals surface area (Å²) in [6.45, 7) is 1.95. The third-order valence-corrected chi connectivity index (χ3v) is 2.97. The molecule has 7 heteroatoms. The van der Waals surface area contributed by atoms with Gasteiger partial charge in [0.1, 0.15) is 16.9 Å². The number of hydrogen-bond acceptors (Lipinski definition) is 5. The summed E-state index contributed by atoms with van der Waals surface area (Å²) in [5.74, 6) is 0.228. The molecule has 0 unspecified atom stereocenters. The third kappa shape index (κ3) is 2.48. The molecule has 0 aliphatic heterocycles. The summed E-state index contributed by atoms with van der Waals surface area (Å²) in [4.78, 5) is 23.0. The van der Waals surface area contributed by atoms with Crippen LogP contribution >= 0.6 is 0 Å². The van der Waals surface area contributed by atoms with Crippen LogP contribution < -0.4 is 5.73 Å². The number of anilines is 1. The number of H-pyrrole nitrogens is 1. The largest absolute Gasteiger partial charge is 0.383 e. The van der Waals surface area contributed by atoms with Gasteiger partial charge >= 0.3 is 0 Å². The van der Waals surface area contributed by atoms with Gasteiger partial charge in [-0.3, -0.25) is 4.79 Å². The molecule has 1 aromatic carbocycles. The number of rotatable bonds is 2. The molecule has 104 valence electrons. The molecule has 0 fully saturated rings. The summed E-state index contributed by atoms with van der Waals surface area (Å²) >= 11 is 0. The van der Waals surface area contributed by atoms with Gasteiger partial charge in [-0.05, 0) is 19.1 Å². The third-order valence-electron chi connectivity index (χ3n) is 2.97. The number of nitrogens with zero attached hydrogens (tertiary/aromatic N) is 4. The van der Waals surface area contributed by atoms with Crippen molar-refractivity contribution in [2.75, 3.05) is 5.73 Å². The van der Waals surface area contributed by atoms with Crippen LogP contribution in [0.2, 0.25) is 0 Å². The zero-order valence-corrected chi connectivity index (χ0v) is 11.2. The van der Waals surface area contributed by atoms with Crippen LogP contribution in [0.15, 0.2) is 46.9 Å². The average Bonchev–Trinajstić information content (AvgIpc) is 2.83. The van der Waals surface area contributed by atoms with E-state index in [4.69, 9.17) is 5.73 Å². The molecule has 0 saturated heterocycles. The van der Waals surface area contributed by atoms with Crippen LogP contribution in [0.25, 0.3) is 11.0 Å². The molecule has 0 spiro atoms. The lowest BCUT2D eigenvalue weighted by Crippen LogP contribution is -1.93. The SMILES string of the molecule is Cc1ccc(C(=O)N=Nc2[nH]c(N)c3nccnc23)cc1. The molecule has 1 amide bonds. The Morgan fingerprint density at radius 3 is 2.52 bits per heavy atom. The van der Waals surface area contributed by atoms with Gasteiger partial charge in [0.25, 0.3) is 5.91 Å². The molecule has 3 N–H and O–H groups in total. The van der Waals surface area contributed by atoms with E-state index >= 15 is 0 Å². The first kappa shape index (κ1) is 12.9. The Hall–Kier alpha value is -3.09. The highest BCUT2D eigenvalue weighted by Crippen LogP contribution is 2.26. The second kappa shape index (κ2) is 5.12. The number of nitrogens with one attached hydrogen (secondary N) is 1. The molecular formula is C14H12N6O. The van der Waals surface area contributed by atoms with Gasteiger partial charge in [0.2, 0.25) is 0 Å². The summed E-state index contributed by atoms with van der Waals surface area (Å²) in [5, 5.41) is 7.58. The molecule has 3 rings (SSSR count). The topological polar surface area (TPSA) is 109 Å². The maximum Gasteiger partial charge on any atom is 0.295 e. The number of carbonyl (C=O) groups is 1. The van der Waals surface area contributed by atoms with Gasteiger partial charge < -0.3 is 10.7 Å². The first-order chi connectivity index (χ1) is 10.1. The number of fused-ring (bicyclic) bond motifs is 1. The normalized spacial score (nSPS) is 11.3. The van der Waals surface area contributed by atoms with E-state index in [1.165, 1.54) is 12.4 Å². The predicted molar refractivity (Wildman–Crippen MR) is 78.3 cm³/mol. The van der Waals surface area contributed by atoms with E-state index in [0.717, 1.165) is 5.56 Å². The molecule has 2 heterocycles. The number of nitrogen functional groups attached to an aromatic ring is 1. The maximum absolute atomic E-state index is 11.9. The highest BCUT2D eigenvalue weighted by molar-refractivity contribution is 5.96. The van der Waals surface area contributed by atoms with Crippen LogP contribution in [0.4, 0.5) is 11.6 Å². The number of aromatic nitrogens is 3. The van der Waals surface area contributed by atoms with E-state index in [-0.39, 0.29) is 0 Å². The standard InChI is InChI=1S/C14H12N6O/c1-8-2-4-9(5-3-8)14(21)20-19-13-11-10(12(15)18-13)16-6-7-17-11/h2-7,18H,15H2,1H3. The Labute approximate surface area is 119 Å². The summed E-state index contributed by atoms with van der Waals surface area (Å²) in [7, 11) is 0. The van der Waals surface area contributed by atoms with Gasteiger partial charge in [-0.25, -0.2) is 9.97 Å². The smallest absolute Gasteiger partial charge is 0.295 e. The van der Waals surface area contributed by atoms with E-state index in [0.29, 0.717) is 28.2 Å². The summed E-state index contributed by atoms with van der Waals surface area (Å²) in [6.07, 6.45) is 3.06.